The molecule has 0 rings (SSSR count). The summed E-state index contributed by atoms with van der Waals surface area (Å²) in [6.45, 7) is 4.93. The number of hydrogen-bond acceptors (Lipinski definition) is 1. The van der Waals surface area contributed by atoms with Crippen LogP contribution < -0.4 is 0 Å². The van der Waals surface area contributed by atoms with E-state index in [0.29, 0.717) is 6.42 Å². The second-order valence-electron chi connectivity index (χ2n) is 1.48. The van der Waals surface area contributed by atoms with Gasteiger partial charge in [-0.05, 0) is 6.42 Å². The van der Waals surface area contributed by atoms with Crippen LogP contribution in [0.25, 0.3) is 0 Å². The van der Waals surface area contributed by atoms with E-state index in [0.717, 1.165) is 6.42 Å². The molecule has 0 saturated heterocycles. The molecule has 0 radical (unpaired) electrons. The maximum Gasteiger partial charge on any atom is 0.303 e. The molecule has 1 N–H and O–H groups in total. The van der Waals surface area contributed by atoms with Gasteiger partial charge in [0.05, 0.1) is 4.49 Å². The summed E-state index contributed by atoms with van der Waals surface area (Å²) in [7, 11) is 0. The molecule has 0 aromatic rings. The van der Waals surface area contributed by atoms with Gasteiger partial charge in [0, 0.05) is 6.42 Å². The van der Waals surface area contributed by atoms with Crippen molar-refractivity contribution in [2.45, 2.75) is 19.8 Å². The third kappa shape index (κ3) is 46.1. The van der Waals surface area contributed by atoms with E-state index in [2.05, 4.69) is 6.58 Å². The summed E-state index contributed by atoms with van der Waals surface area (Å²) >= 11 is 9.69. The van der Waals surface area contributed by atoms with Crippen molar-refractivity contribution in [3.63, 3.8) is 0 Å². The first-order chi connectivity index (χ1) is 4.50. The third-order valence-electron chi connectivity index (χ3n) is 0.464. The van der Waals surface area contributed by atoms with Gasteiger partial charge in [-0.25, -0.2) is 0 Å². The molecule has 0 aliphatic carbocycles. The van der Waals surface area contributed by atoms with Crippen molar-refractivity contribution in [2.75, 3.05) is 0 Å². The van der Waals surface area contributed by atoms with E-state index >= 15 is 0 Å². The van der Waals surface area contributed by atoms with Crippen LogP contribution >= 0.6 is 23.2 Å². The van der Waals surface area contributed by atoms with Crippen LogP contribution in [0.15, 0.2) is 11.1 Å². The Morgan fingerprint density at radius 3 is 1.90 bits per heavy atom. The normalized spacial score (nSPS) is 7.50. The zero-order valence-electron chi connectivity index (χ0n) is 5.73. The molecule has 0 unspecified atom stereocenters. The van der Waals surface area contributed by atoms with E-state index in [1.54, 1.807) is 0 Å². The van der Waals surface area contributed by atoms with E-state index in [9.17, 15) is 4.79 Å². The third-order valence-corrected chi connectivity index (χ3v) is 0.464. The Hall–Kier alpha value is -0.210. The second kappa shape index (κ2) is 8.79. The van der Waals surface area contributed by atoms with Crippen LogP contribution in [0, 0.1) is 0 Å². The van der Waals surface area contributed by atoms with Gasteiger partial charge in [-0.1, -0.05) is 36.7 Å². The van der Waals surface area contributed by atoms with Crippen LogP contribution in [0.3, 0.4) is 0 Å². The number of hydrogen-bond donors (Lipinski definition) is 1. The maximum absolute atomic E-state index is 9.60. The molecule has 0 amide bonds. The highest BCUT2D eigenvalue weighted by molar-refractivity contribution is 6.55. The number of halogens is 2. The van der Waals surface area contributed by atoms with Crippen LogP contribution in [0.5, 0.6) is 0 Å². The van der Waals surface area contributed by atoms with Gasteiger partial charge in [-0.2, -0.15) is 0 Å². The van der Waals surface area contributed by atoms with E-state index in [1.165, 1.54) is 0 Å². The molecule has 0 aromatic heterocycles. The highest BCUT2D eigenvalue weighted by Gasteiger charge is 1.87. The van der Waals surface area contributed by atoms with Gasteiger partial charge in [-0.3, -0.25) is 4.79 Å². The summed E-state index contributed by atoms with van der Waals surface area (Å²) in [4.78, 5) is 9.60. The lowest BCUT2D eigenvalue weighted by atomic mass is 10.4. The number of rotatable bonds is 2. The smallest absolute Gasteiger partial charge is 0.303 e. The van der Waals surface area contributed by atoms with Crippen molar-refractivity contribution in [1.82, 2.24) is 0 Å². The predicted molar refractivity (Wildman–Crippen MR) is 43.4 cm³/mol. The molecule has 0 aliphatic heterocycles. The first-order valence-corrected chi connectivity index (χ1v) is 3.48. The van der Waals surface area contributed by atoms with Gasteiger partial charge in [0.25, 0.3) is 0 Å². The molecular weight excluding hydrogens is 175 g/mol. The van der Waals surface area contributed by atoms with E-state index in [-0.39, 0.29) is 4.49 Å². The van der Waals surface area contributed by atoms with Crippen molar-refractivity contribution in [3.8, 4) is 0 Å². The SMILES string of the molecule is C=C(Cl)Cl.CCCC(=O)O. The quantitative estimate of drug-likeness (QED) is 0.717. The Kier molecular flexibility index (Phi) is 11.0. The van der Waals surface area contributed by atoms with Gasteiger partial charge < -0.3 is 5.11 Å². The molecule has 60 valence electrons. The lowest BCUT2D eigenvalue weighted by Gasteiger charge is -1.79. The Morgan fingerprint density at radius 2 is 1.90 bits per heavy atom. The fourth-order valence-corrected chi connectivity index (χ4v) is 0.214. The summed E-state index contributed by atoms with van der Waals surface area (Å²) in [6, 6.07) is 0. The van der Waals surface area contributed by atoms with Crippen LogP contribution in [0.2, 0.25) is 0 Å². The van der Waals surface area contributed by atoms with Gasteiger partial charge in [0.1, 0.15) is 0 Å². The monoisotopic (exact) mass is 184 g/mol. The number of carbonyl (C=O) groups is 1. The van der Waals surface area contributed by atoms with Crippen molar-refractivity contribution in [3.05, 3.63) is 11.1 Å². The number of aliphatic carboxylic acids is 1. The zero-order valence-corrected chi connectivity index (χ0v) is 7.24. The highest BCUT2D eigenvalue weighted by Crippen LogP contribution is 1.98. The van der Waals surface area contributed by atoms with Crippen LogP contribution in [-0.2, 0) is 4.79 Å². The first kappa shape index (κ1) is 12.5. The van der Waals surface area contributed by atoms with E-state index < -0.39 is 5.97 Å². The molecule has 0 aliphatic rings. The van der Waals surface area contributed by atoms with Gasteiger partial charge in [-0.15, -0.1) is 0 Å². The molecule has 0 spiro atoms. The number of carboxylic acid groups (broad SMARTS) is 1. The molecule has 0 heterocycles. The van der Waals surface area contributed by atoms with Crippen molar-refractivity contribution in [1.29, 1.82) is 0 Å². The maximum atomic E-state index is 9.60. The van der Waals surface area contributed by atoms with Crippen molar-refractivity contribution >= 4 is 29.2 Å². The zero-order chi connectivity index (χ0) is 8.57. The van der Waals surface area contributed by atoms with Gasteiger partial charge in [0.2, 0.25) is 0 Å². The van der Waals surface area contributed by atoms with Crippen molar-refractivity contribution in [2.24, 2.45) is 0 Å². The van der Waals surface area contributed by atoms with Crippen molar-refractivity contribution < 1.29 is 9.90 Å². The summed E-state index contributed by atoms with van der Waals surface area (Å²) in [5, 5.41) is 7.91. The van der Waals surface area contributed by atoms with Gasteiger partial charge >= 0.3 is 5.97 Å². The van der Waals surface area contributed by atoms with E-state index in [4.69, 9.17) is 28.3 Å². The summed E-state index contributed by atoms with van der Waals surface area (Å²) in [5.41, 5.74) is 0. The summed E-state index contributed by atoms with van der Waals surface area (Å²) in [5.74, 6) is -0.711. The highest BCUT2D eigenvalue weighted by atomic mass is 35.5. The standard InChI is InChI=1S/C4H8O2.C2H2Cl2/c1-2-3-4(5)6;1-2(3)4/h2-3H2,1H3,(H,5,6);1H2. The molecule has 0 aromatic carbocycles. The first-order valence-electron chi connectivity index (χ1n) is 2.72. The summed E-state index contributed by atoms with van der Waals surface area (Å²) < 4.78 is 0.111. The minimum absolute atomic E-state index is 0.111. The minimum Gasteiger partial charge on any atom is -0.481 e. The van der Waals surface area contributed by atoms with E-state index in [1.807, 2.05) is 6.92 Å². The van der Waals surface area contributed by atoms with Crippen LogP contribution in [0.1, 0.15) is 19.8 Å². The molecule has 0 atom stereocenters. The average molecular weight is 185 g/mol. The molecular formula is C6H10Cl2O2. The lowest BCUT2D eigenvalue weighted by molar-refractivity contribution is -0.137. The predicted octanol–water partition coefficient (Wildman–Crippen LogP) is 2.81. The Labute approximate surface area is 70.4 Å². The molecule has 4 heteroatoms. The Balaban J connectivity index is 0. The molecule has 0 fully saturated rings. The topological polar surface area (TPSA) is 37.3 Å². The molecule has 0 bridgehead atoms. The molecule has 0 saturated carbocycles. The summed E-state index contributed by atoms with van der Waals surface area (Å²) in [6.07, 6.45) is 1.02. The van der Waals surface area contributed by atoms with Gasteiger partial charge in [0.15, 0.2) is 0 Å². The molecule has 2 nitrogen and oxygen atoms in total. The lowest BCUT2D eigenvalue weighted by Crippen LogP contribution is -1.90. The largest absolute Gasteiger partial charge is 0.481 e. The second-order valence-corrected chi connectivity index (χ2v) is 2.59. The fourth-order valence-electron chi connectivity index (χ4n) is 0.214. The van der Waals surface area contributed by atoms with Crippen LogP contribution in [-0.4, -0.2) is 11.1 Å². The fraction of sp³-hybridized carbons (Fsp3) is 0.500. The average Bonchev–Trinajstić information content (AvgIpc) is 1.62. The minimum atomic E-state index is -0.711. The molecule has 10 heavy (non-hydrogen) atoms. The Morgan fingerprint density at radius 1 is 1.60 bits per heavy atom. The van der Waals surface area contributed by atoms with Crippen LogP contribution in [0.4, 0.5) is 0 Å². The number of carboxylic acids is 1. The Bertz CT molecular complexity index is 108.